The number of piperazine rings is 1. The topological polar surface area (TPSA) is 88.2 Å². The van der Waals surface area contributed by atoms with E-state index in [9.17, 15) is 4.79 Å². The molecule has 0 N–H and O–H groups in total. The molecule has 9 nitrogen and oxygen atoms in total. The van der Waals surface area contributed by atoms with Gasteiger partial charge in [-0.1, -0.05) is 19.0 Å². The molecule has 0 radical (unpaired) electrons. The standard InChI is InChI=1S/C16H21N7O2/c1-11(2)12-9-13(25-20-12)15(24)22-7-5-21(6-8-22)14-3-4-17-16-19-18-10-23(14)16/h3-4,10-11,13H,5-9H2,1-2H3/t13-/m1/s1. The summed E-state index contributed by atoms with van der Waals surface area (Å²) in [5.41, 5.74) is 0.962. The lowest BCUT2D eigenvalue weighted by Crippen LogP contribution is -2.52. The van der Waals surface area contributed by atoms with Crippen LogP contribution in [0, 0.1) is 5.92 Å². The largest absolute Gasteiger partial charge is 0.382 e. The first-order valence-electron chi connectivity index (χ1n) is 8.54. The van der Waals surface area contributed by atoms with Crippen LogP contribution in [0.2, 0.25) is 0 Å². The molecule has 9 heteroatoms. The number of carbonyl (C=O) groups excluding carboxylic acids is 1. The van der Waals surface area contributed by atoms with Gasteiger partial charge in [0.2, 0.25) is 6.10 Å². The van der Waals surface area contributed by atoms with Gasteiger partial charge in [0.15, 0.2) is 0 Å². The molecule has 4 heterocycles. The van der Waals surface area contributed by atoms with Crippen molar-refractivity contribution >= 4 is 23.2 Å². The Labute approximate surface area is 145 Å². The van der Waals surface area contributed by atoms with Gasteiger partial charge >= 0.3 is 0 Å². The molecule has 0 unspecified atom stereocenters. The summed E-state index contributed by atoms with van der Waals surface area (Å²) in [6.07, 6.45) is 3.53. The Morgan fingerprint density at radius 1 is 1.28 bits per heavy atom. The van der Waals surface area contributed by atoms with Crippen molar-refractivity contribution in [2.24, 2.45) is 11.1 Å². The molecule has 1 saturated heterocycles. The molecule has 25 heavy (non-hydrogen) atoms. The van der Waals surface area contributed by atoms with Crippen LogP contribution in [-0.2, 0) is 9.63 Å². The number of aromatic nitrogens is 4. The van der Waals surface area contributed by atoms with E-state index in [-0.39, 0.29) is 5.91 Å². The van der Waals surface area contributed by atoms with E-state index in [0.717, 1.165) is 24.6 Å². The van der Waals surface area contributed by atoms with Crippen LogP contribution in [0.25, 0.3) is 5.78 Å². The van der Waals surface area contributed by atoms with Crippen molar-refractivity contribution in [3.8, 4) is 0 Å². The summed E-state index contributed by atoms with van der Waals surface area (Å²) >= 11 is 0. The Balaban J connectivity index is 1.39. The minimum Gasteiger partial charge on any atom is -0.382 e. The molecule has 2 aliphatic heterocycles. The summed E-state index contributed by atoms with van der Waals surface area (Å²) in [4.78, 5) is 26.3. The fraction of sp³-hybridized carbons (Fsp3) is 0.562. The van der Waals surface area contributed by atoms with E-state index in [1.54, 1.807) is 12.5 Å². The van der Waals surface area contributed by atoms with Crippen LogP contribution in [-0.4, -0.2) is 68.4 Å². The number of anilines is 1. The Kier molecular flexibility index (Phi) is 3.98. The molecule has 2 aromatic heterocycles. The van der Waals surface area contributed by atoms with Crippen LogP contribution in [0.1, 0.15) is 20.3 Å². The molecule has 0 bridgehead atoms. The van der Waals surface area contributed by atoms with Crippen LogP contribution in [0.3, 0.4) is 0 Å². The molecule has 0 aromatic carbocycles. The van der Waals surface area contributed by atoms with Gasteiger partial charge in [0, 0.05) is 38.8 Å². The van der Waals surface area contributed by atoms with Gasteiger partial charge in [-0.25, -0.2) is 4.98 Å². The first kappa shape index (κ1) is 15.8. The lowest BCUT2D eigenvalue weighted by molar-refractivity contribution is -0.142. The van der Waals surface area contributed by atoms with Gasteiger partial charge in [-0.05, 0) is 12.0 Å². The van der Waals surface area contributed by atoms with Gasteiger partial charge in [0.05, 0.1) is 5.71 Å². The molecule has 2 aliphatic rings. The van der Waals surface area contributed by atoms with E-state index in [0.29, 0.717) is 31.2 Å². The highest BCUT2D eigenvalue weighted by molar-refractivity contribution is 5.93. The number of nitrogens with zero attached hydrogens (tertiary/aromatic N) is 7. The van der Waals surface area contributed by atoms with E-state index in [1.807, 2.05) is 15.4 Å². The summed E-state index contributed by atoms with van der Waals surface area (Å²) in [6.45, 7) is 6.92. The lowest BCUT2D eigenvalue weighted by atomic mass is 10.0. The first-order chi connectivity index (χ1) is 12.1. The van der Waals surface area contributed by atoms with Crippen LogP contribution >= 0.6 is 0 Å². The van der Waals surface area contributed by atoms with E-state index >= 15 is 0 Å². The zero-order valence-corrected chi connectivity index (χ0v) is 14.4. The molecule has 4 rings (SSSR count). The van der Waals surface area contributed by atoms with E-state index in [2.05, 4.69) is 39.1 Å². The first-order valence-corrected chi connectivity index (χ1v) is 8.54. The normalized spacial score (nSPS) is 20.9. The van der Waals surface area contributed by atoms with E-state index < -0.39 is 6.10 Å². The van der Waals surface area contributed by atoms with Crippen LogP contribution in [0.4, 0.5) is 5.82 Å². The number of oxime groups is 1. The number of rotatable bonds is 3. The van der Waals surface area contributed by atoms with Gasteiger partial charge in [0.1, 0.15) is 12.1 Å². The van der Waals surface area contributed by atoms with Gasteiger partial charge in [0.25, 0.3) is 11.7 Å². The summed E-state index contributed by atoms with van der Waals surface area (Å²) in [7, 11) is 0. The molecule has 1 amide bonds. The Bertz CT molecular complexity index is 808. The second-order valence-electron chi connectivity index (χ2n) is 6.65. The minimum absolute atomic E-state index is 0.0308. The van der Waals surface area contributed by atoms with Crippen LogP contribution < -0.4 is 4.90 Å². The summed E-state index contributed by atoms with van der Waals surface area (Å²) < 4.78 is 1.86. The molecule has 0 saturated carbocycles. The number of carbonyl (C=O) groups is 1. The predicted octanol–water partition coefficient (Wildman–Crippen LogP) is 0.574. The number of hydrogen-bond donors (Lipinski definition) is 0. The van der Waals surface area contributed by atoms with Gasteiger partial charge in [-0.3, -0.25) is 9.20 Å². The molecule has 1 fully saturated rings. The second-order valence-corrected chi connectivity index (χ2v) is 6.65. The minimum atomic E-state index is -0.463. The predicted molar refractivity (Wildman–Crippen MR) is 91.3 cm³/mol. The fourth-order valence-corrected chi connectivity index (χ4v) is 3.22. The summed E-state index contributed by atoms with van der Waals surface area (Å²) in [6, 6.07) is 1.94. The zero-order chi connectivity index (χ0) is 17.4. The quantitative estimate of drug-likeness (QED) is 0.810. The van der Waals surface area contributed by atoms with Crippen molar-refractivity contribution in [2.45, 2.75) is 26.4 Å². The third-order valence-corrected chi connectivity index (χ3v) is 4.74. The third kappa shape index (κ3) is 2.90. The lowest BCUT2D eigenvalue weighted by Gasteiger charge is -2.36. The Morgan fingerprint density at radius 2 is 2.08 bits per heavy atom. The van der Waals surface area contributed by atoms with Crippen molar-refractivity contribution < 1.29 is 9.63 Å². The summed E-state index contributed by atoms with van der Waals surface area (Å²) in [5, 5.41) is 11.9. The van der Waals surface area contributed by atoms with Crippen molar-refractivity contribution in [3.05, 3.63) is 18.6 Å². The zero-order valence-electron chi connectivity index (χ0n) is 14.4. The SMILES string of the molecule is CC(C)C1=NO[C@@H](C(=O)N2CCN(c3ccnc4nncn34)CC2)C1. The molecule has 1 atom stereocenters. The van der Waals surface area contributed by atoms with Crippen molar-refractivity contribution in [1.82, 2.24) is 24.5 Å². The van der Waals surface area contributed by atoms with Crippen molar-refractivity contribution in [3.63, 3.8) is 0 Å². The highest BCUT2D eigenvalue weighted by atomic mass is 16.6. The second kappa shape index (κ2) is 6.30. The van der Waals surface area contributed by atoms with Gasteiger partial charge in [-0.2, -0.15) is 0 Å². The maximum atomic E-state index is 12.7. The maximum Gasteiger partial charge on any atom is 0.267 e. The third-order valence-electron chi connectivity index (χ3n) is 4.74. The van der Waals surface area contributed by atoms with E-state index in [4.69, 9.17) is 4.84 Å². The Morgan fingerprint density at radius 3 is 2.80 bits per heavy atom. The number of hydrogen-bond acceptors (Lipinski definition) is 7. The van der Waals surface area contributed by atoms with Gasteiger partial charge < -0.3 is 14.6 Å². The highest BCUT2D eigenvalue weighted by Gasteiger charge is 2.34. The molecule has 132 valence electrons. The average Bonchev–Trinajstić information content (AvgIpc) is 3.30. The number of fused-ring (bicyclic) bond motifs is 1. The molecule has 0 spiro atoms. The highest BCUT2D eigenvalue weighted by Crippen LogP contribution is 2.20. The average molecular weight is 343 g/mol. The monoisotopic (exact) mass is 343 g/mol. The van der Waals surface area contributed by atoms with E-state index in [1.165, 1.54) is 0 Å². The van der Waals surface area contributed by atoms with Crippen molar-refractivity contribution in [1.29, 1.82) is 0 Å². The summed E-state index contributed by atoms with van der Waals surface area (Å²) in [5.74, 6) is 1.91. The fourth-order valence-electron chi connectivity index (χ4n) is 3.22. The molecule has 0 aliphatic carbocycles. The molecular weight excluding hydrogens is 322 g/mol. The smallest absolute Gasteiger partial charge is 0.267 e. The van der Waals surface area contributed by atoms with Gasteiger partial charge in [-0.15, -0.1) is 10.2 Å². The Hall–Kier alpha value is -2.71. The molecule has 2 aromatic rings. The van der Waals surface area contributed by atoms with Crippen molar-refractivity contribution in [2.75, 3.05) is 31.1 Å². The molecular formula is C16H21N7O2. The van der Waals surface area contributed by atoms with Crippen LogP contribution in [0.5, 0.6) is 0 Å². The van der Waals surface area contributed by atoms with Crippen LogP contribution in [0.15, 0.2) is 23.7 Å². The maximum absolute atomic E-state index is 12.7. The number of amides is 1.